The van der Waals surface area contributed by atoms with Crippen LogP contribution in [0.1, 0.15) is 25.7 Å². The van der Waals surface area contributed by atoms with Gasteiger partial charge >= 0.3 is 5.69 Å². The first-order chi connectivity index (χ1) is 11.6. The Labute approximate surface area is 142 Å². The van der Waals surface area contributed by atoms with E-state index in [1.807, 2.05) is 0 Å². The van der Waals surface area contributed by atoms with E-state index < -0.39 is 11.0 Å². The van der Waals surface area contributed by atoms with E-state index >= 15 is 0 Å². The summed E-state index contributed by atoms with van der Waals surface area (Å²) in [5, 5.41) is 24.8. The molecule has 2 fully saturated rings. The molecule has 1 aromatic heterocycles. The smallest absolute Gasteiger partial charge is 0.306 e. The van der Waals surface area contributed by atoms with Crippen molar-refractivity contribution in [3.8, 4) is 0 Å². The fraction of sp³-hybridized carbons (Fsp3) is 0.812. The van der Waals surface area contributed by atoms with Crippen LogP contribution in [0.4, 0.5) is 5.69 Å². The minimum absolute atomic E-state index is 0.0371. The van der Waals surface area contributed by atoms with E-state index in [-0.39, 0.29) is 5.69 Å². The zero-order valence-corrected chi connectivity index (χ0v) is 14.1. The molecule has 1 N–H and O–H groups in total. The van der Waals surface area contributed by atoms with E-state index in [0.717, 1.165) is 13.1 Å². The van der Waals surface area contributed by atoms with Crippen LogP contribution in [0.25, 0.3) is 0 Å². The van der Waals surface area contributed by atoms with Crippen molar-refractivity contribution in [3.05, 3.63) is 22.5 Å². The van der Waals surface area contributed by atoms with Crippen LogP contribution in [0.3, 0.4) is 0 Å². The molecule has 134 valence electrons. The van der Waals surface area contributed by atoms with Gasteiger partial charge in [0.05, 0.1) is 17.6 Å². The molecule has 8 nitrogen and oxygen atoms in total. The van der Waals surface area contributed by atoms with E-state index in [9.17, 15) is 15.2 Å². The molecule has 1 aromatic rings. The van der Waals surface area contributed by atoms with Crippen molar-refractivity contribution in [2.45, 2.75) is 38.3 Å². The number of piperidine rings is 1. The zero-order chi connectivity index (χ0) is 16.9. The Balaban J connectivity index is 1.40. The van der Waals surface area contributed by atoms with Gasteiger partial charge in [-0.15, -0.1) is 0 Å². The Hall–Kier alpha value is -1.51. The highest BCUT2D eigenvalue weighted by Crippen LogP contribution is 2.20. The first-order valence-electron chi connectivity index (χ1n) is 8.90. The van der Waals surface area contributed by atoms with Crippen LogP contribution in [-0.2, 0) is 6.54 Å². The lowest BCUT2D eigenvalue weighted by Crippen LogP contribution is -2.37. The lowest BCUT2D eigenvalue weighted by molar-refractivity contribution is -0.385. The Morgan fingerprint density at radius 3 is 2.75 bits per heavy atom. The summed E-state index contributed by atoms with van der Waals surface area (Å²) in [5.41, 5.74) is -0.0371. The van der Waals surface area contributed by atoms with Crippen molar-refractivity contribution in [2.75, 3.05) is 39.3 Å². The van der Waals surface area contributed by atoms with Crippen molar-refractivity contribution >= 4 is 5.69 Å². The van der Waals surface area contributed by atoms with Gasteiger partial charge in [-0.3, -0.25) is 14.8 Å². The number of β-amino-alcohol motifs (C(OH)–C–C–N with tert-alkyl or cyclic N) is 1. The second-order valence-electron chi connectivity index (χ2n) is 7.11. The topological polar surface area (TPSA) is 87.7 Å². The summed E-state index contributed by atoms with van der Waals surface area (Å²) in [6.45, 7) is 6.60. The number of nitro groups is 1. The highest BCUT2D eigenvalue weighted by atomic mass is 16.6. The van der Waals surface area contributed by atoms with E-state index in [2.05, 4.69) is 14.9 Å². The minimum Gasteiger partial charge on any atom is -0.390 e. The van der Waals surface area contributed by atoms with Gasteiger partial charge in [0.25, 0.3) is 0 Å². The number of nitrogens with zero attached hydrogens (tertiary/aromatic N) is 5. The molecule has 0 amide bonds. The van der Waals surface area contributed by atoms with Crippen molar-refractivity contribution in [3.63, 3.8) is 0 Å². The van der Waals surface area contributed by atoms with Crippen molar-refractivity contribution in [1.29, 1.82) is 0 Å². The predicted octanol–water partition coefficient (Wildman–Crippen LogP) is 0.960. The second-order valence-corrected chi connectivity index (χ2v) is 7.11. The van der Waals surface area contributed by atoms with Crippen molar-refractivity contribution in [2.24, 2.45) is 5.92 Å². The second kappa shape index (κ2) is 8.04. The lowest BCUT2D eigenvalue weighted by atomic mass is 10.1. The van der Waals surface area contributed by atoms with Gasteiger partial charge in [0.1, 0.15) is 12.4 Å². The predicted molar refractivity (Wildman–Crippen MR) is 89.7 cm³/mol. The van der Waals surface area contributed by atoms with Gasteiger partial charge in [-0.1, -0.05) is 6.42 Å². The zero-order valence-electron chi connectivity index (χ0n) is 14.1. The fourth-order valence-corrected chi connectivity index (χ4v) is 3.85. The molecule has 2 aliphatic rings. The Morgan fingerprint density at radius 1 is 1.25 bits per heavy atom. The summed E-state index contributed by atoms with van der Waals surface area (Å²) in [5.74, 6) is 0.695. The lowest BCUT2D eigenvalue weighted by Gasteiger charge is -2.29. The SMILES string of the molecule is O=[N+]([O-])c1cnn(CC(O)CN2CCC(CN3CCCCC3)C2)c1. The molecule has 2 unspecified atom stereocenters. The molecule has 2 atom stereocenters. The maximum atomic E-state index is 10.7. The molecule has 0 radical (unpaired) electrons. The molecule has 3 heterocycles. The maximum Gasteiger partial charge on any atom is 0.306 e. The molecule has 0 aromatic carbocycles. The highest BCUT2D eigenvalue weighted by molar-refractivity contribution is 5.20. The summed E-state index contributed by atoms with van der Waals surface area (Å²) in [6.07, 6.45) is 7.24. The van der Waals surface area contributed by atoms with Gasteiger partial charge in [0.15, 0.2) is 0 Å². The van der Waals surface area contributed by atoms with E-state index in [1.165, 1.54) is 62.4 Å². The fourth-order valence-electron chi connectivity index (χ4n) is 3.85. The average molecular weight is 337 g/mol. The highest BCUT2D eigenvalue weighted by Gasteiger charge is 2.26. The first kappa shape index (κ1) is 17.3. The van der Waals surface area contributed by atoms with E-state index in [1.54, 1.807) is 0 Å². The number of aromatic nitrogens is 2. The number of hydrogen-bond acceptors (Lipinski definition) is 6. The van der Waals surface area contributed by atoms with Gasteiger partial charge in [-0.05, 0) is 44.8 Å². The van der Waals surface area contributed by atoms with Crippen LogP contribution in [0.2, 0.25) is 0 Å². The molecule has 8 heteroatoms. The van der Waals surface area contributed by atoms with Gasteiger partial charge in [0, 0.05) is 19.6 Å². The third-order valence-electron chi connectivity index (χ3n) is 5.03. The van der Waals surface area contributed by atoms with E-state index in [4.69, 9.17) is 0 Å². The van der Waals surface area contributed by atoms with Crippen LogP contribution in [0.15, 0.2) is 12.4 Å². The number of likely N-dealkylation sites (tertiary alicyclic amines) is 2. The molecule has 24 heavy (non-hydrogen) atoms. The van der Waals surface area contributed by atoms with Crippen LogP contribution in [-0.4, -0.2) is 75.0 Å². The maximum absolute atomic E-state index is 10.7. The van der Waals surface area contributed by atoms with Gasteiger partial charge in [0.2, 0.25) is 0 Å². The quantitative estimate of drug-likeness (QED) is 0.589. The average Bonchev–Trinajstić information content (AvgIpc) is 3.18. The monoisotopic (exact) mass is 337 g/mol. The summed E-state index contributed by atoms with van der Waals surface area (Å²) >= 11 is 0. The molecule has 0 spiro atoms. The molecule has 0 saturated carbocycles. The number of aliphatic hydroxyl groups is 1. The Morgan fingerprint density at radius 2 is 2.04 bits per heavy atom. The molecule has 3 rings (SSSR count). The number of rotatable bonds is 7. The van der Waals surface area contributed by atoms with Gasteiger partial charge in [-0.2, -0.15) is 5.10 Å². The summed E-state index contributed by atoms with van der Waals surface area (Å²) in [4.78, 5) is 15.1. The standard InChI is InChI=1S/C16H27N5O3/c22-16(13-20-11-15(8-17-20)21(23)24)12-19-7-4-14(10-19)9-18-5-2-1-3-6-18/h8,11,14,16,22H,1-7,9-10,12-13H2. The largest absolute Gasteiger partial charge is 0.390 e. The van der Waals surface area contributed by atoms with Gasteiger partial charge in [-0.25, -0.2) is 0 Å². The molecular formula is C16H27N5O3. The molecule has 0 bridgehead atoms. The van der Waals surface area contributed by atoms with Gasteiger partial charge < -0.3 is 14.9 Å². The third-order valence-corrected chi connectivity index (χ3v) is 5.03. The number of hydrogen-bond donors (Lipinski definition) is 1. The van der Waals surface area contributed by atoms with Crippen LogP contribution >= 0.6 is 0 Å². The van der Waals surface area contributed by atoms with Crippen LogP contribution in [0.5, 0.6) is 0 Å². The molecule has 2 saturated heterocycles. The third kappa shape index (κ3) is 4.75. The number of aliphatic hydroxyl groups excluding tert-OH is 1. The molecular weight excluding hydrogens is 310 g/mol. The van der Waals surface area contributed by atoms with E-state index in [0.29, 0.717) is 19.0 Å². The molecule has 0 aliphatic carbocycles. The molecule has 2 aliphatic heterocycles. The summed E-state index contributed by atoms with van der Waals surface area (Å²) in [6, 6.07) is 0. The van der Waals surface area contributed by atoms with Crippen molar-refractivity contribution in [1.82, 2.24) is 19.6 Å². The minimum atomic E-state index is -0.557. The van der Waals surface area contributed by atoms with Crippen LogP contribution < -0.4 is 0 Å². The first-order valence-corrected chi connectivity index (χ1v) is 8.90. The van der Waals surface area contributed by atoms with Crippen LogP contribution in [0, 0.1) is 16.0 Å². The summed E-state index contributed by atoms with van der Waals surface area (Å²) in [7, 11) is 0. The normalized spacial score (nSPS) is 24.3. The van der Waals surface area contributed by atoms with Crippen molar-refractivity contribution < 1.29 is 10.0 Å². The Bertz CT molecular complexity index is 544. The Kier molecular flexibility index (Phi) is 5.80. The summed E-state index contributed by atoms with van der Waals surface area (Å²) < 4.78 is 1.45.